The fourth-order valence-corrected chi connectivity index (χ4v) is 7.01. The number of likely N-dealkylation sites (tertiary alicyclic amines) is 1. The largest absolute Gasteiger partial charge is 0.479 e. The van der Waals surface area contributed by atoms with Crippen molar-refractivity contribution in [2.45, 2.75) is 43.7 Å². The van der Waals surface area contributed by atoms with Gasteiger partial charge < -0.3 is 20.5 Å². The van der Waals surface area contributed by atoms with E-state index in [-0.39, 0.29) is 36.8 Å². The summed E-state index contributed by atoms with van der Waals surface area (Å²) in [5, 5.41) is 15.9. The molecule has 2 fully saturated rings. The fourth-order valence-electron chi connectivity index (χ4n) is 7.01. The van der Waals surface area contributed by atoms with Gasteiger partial charge in [-0.3, -0.25) is 9.69 Å². The van der Waals surface area contributed by atoms with E-state index in [1.807, 2.05) is 54.6 Å². The van der Waals surface area contributed by atoms with Crippen molar-refractivity contribution in [3.63, 3.8) is 0 Å². The van der Waals surface area contributed by atoms with E-state index in [1.165, 1.54) is 11.1 Å². The zero-order chi connectivity index (χ0) is 29.1. The van der Waals surface area contributed by atoms with Crippen LogP contribution >= 0.6 is 0 Å². The second-order valence-corrected chi connectivity index (χ2v) is 11.8. The number of carbonyl (C=O) groups excluding carboxylic acids is 2. The standard InChI is InChI=1S/C34H37N3O5/c38-31(36-34(32(39)40)17-18-37(22-34)20-23-9-2-1-3-10-23)25-16-8-11-24(25)19-35-33(41)42-21-30-28-14-6-4-12-26(28)27-13-5-7-15-29(27)30/h1-7,9-10,12-15,24-25,30H,8,11,16-22H2,(H,35,41)(H,36,38)(H,39,40)/t24-,25-,34?/m0/s1. The second kappa shape index (κ2) is 12.0. The lowest BCUT2D eigenvalue weighted by molar-refractivity contribution is -0.148. The van der Waals surface area contributed by atoms with Crippen molar-refractivity contribution in [3.05, 3.63) is 95.6 Å². The number of ether oxygens (including phenoxy) is 1. The van der Waals surface area contributed by atoms with Gasteiger partial charge in [-0.05, 0) is 53.0 Å². The summed E-state index contributed by atoms with van der Waals surface area (Å²) in [6, 6.07) is 26.3. The lowest BCUT2D eigenvalue weighted by atomic mass is 9.92. The number of carboxylic acids is 1. The highest BCUT2D eigenvalue weighted by atomic mass is 16.5. The number of nitrogens with zero attached hydrogens (tertiary/aromatic N) is 1. The highest BCUT2D eigenvalue weighted by Crippen LogP contribution is 2.44. The van der Waals surface area contributed by atoms with Crippen LogP contribution < -0.4 is 10.6 Å². The summed E-state index contributed by atoms with van der Waals surface area (Å²) in [7, 11) is 0. The number of hydrogen-bond donors (Lipinski definition) is 3. The molecule has 8 heteroatoms. The summed E-state index contributed by atoms with van der Waals surface area (Å²) in [5.74, 6) is -1.68. The number of benzene rings is 3. The first kappa shape index (κ1) is 28.0. The number of fused-ring (bicyclic) bond motifs is 3. The first-order valence-corrected chi connectivity index (χ1v) is 14.8. The molecule has 0 radical (unpaired) electrons. The summed E-state index contributed by atoms with van der Waals surface area (Å²) in [6.07, 6.45) is 2.18. The Kier molecular flexibility index (Phi) is 7.98. The monoisotopic (exact) mass is 567 g/mol. The van der Waals surface area contributed by atoms with E-state index < -0.39 is 17.6 Å². The van der Waals surface area contributed by atoms with Gasteiger partial charge in [0, 0.05) is 38.0 Å². The molecule has 2 amide bonds. The van der Waals surface area contributed by atoms with Crippen molar-refractivity contribution >= 4 is 18.0 Å². The molecule has 2 aliphatic carbocycles. The zero-order valence-electron chi connectivity index (χ0n) is 23.6. The van der Waals surface area contributed by atoms with Crippen molar-refractivity contribution in [3.8, 4) is 11.1 Å². The van der Waals surface area contributed by atoms with Gasteiger partial charge in [-0.25, -0.2) is 9.59 Å². The van der Waals surface area contributed by atoms with Crippen LogP contribution in [-0.2, 0) is 20.9 Å². The molecule has 8 nitrogen and oxygen atoms in total. The van der Waals surface area contributed by atoms with E-state index in [2.05, 4.69) is 39.8 Å². The molecule has 218 valence electrons. The lowest BCUT2D eigenvalue weighted by Crippen LogP contribution is -2.58. The second-order valence-electron chi connectivity index (χ2n) is 11.8. The molecule has 1 unspecified atom stereocenters. The normalized spacial score (nSPS) is 23.2. The average molecular weight is 568 g/mol. The Morgan fingerprint density at radius 3 is 2.26 bits per heavy atom. The quantitative estimate of drug-likeness (QED) is 0.343. The van der Waals surface area contributed by atoms with Gasteiger partial charge in [0.25, 0.3) is 0 Å². The van der Waals surface area contributed by atoms with Gasteiger partial charge in [0.1, 0.15) is 6.61 Å². The Balaban J connectivity index is 1.02. The van der Waals surface area contributed by atoms with E-state index in [4.69, 9.17) is 4.74 Å². The molecule has 3 aromatic carbocycles. The summed E-state index contributed by atoms with van der Waals surface area (Å²) < 4.78 is 5.68. The number of aliphatic carboxylic acids is 1. The van der Waals surface area contributed by atoms with Crippen molar-refractivity contribution in [1.82, 2.24) is 15.5 Å². The topological polar surface area (TPSA) is 108 Å². The number of nitrogens with one attached hydrogen (secondary N) is 2. The van der Waals surface area contributed by atoms with E-state index >= 15 is 0 Å². The van der Waals surface area contributed by atoms with E-state index in [0.717, 1.165) is 29.5 Å². The number of alkyl carbamates (subject to hydrolysis) is 1. The van der Waals surface area contributed by atoms with Crippen LogP contribution in [0.2, 0.25) is 0 Å². The van der Waals surface area contributed by atoms with Crippen LogP contribution in [0.1, 0.15) is 48.3 Å². The molecule has 1 aliphatic heterocycles. The maximum Gasteiger partial charge on any atom is 0.407 e. The molecule has 1 saturated carbocycles. The van der Waals surface area contributed by atoms with E-state index in [1.54, 1.807) is 0 Å². The average Bonchev–Trinajstić information content (AvgIpc) is 3.72. The molecule has 0 spiro atoms. The van der Waals surface area contributed by atoms with Crippen LogP contribution in [0.5, 0.6) is 0 Å². The highest BCUT2D eigenvalue weighted by molar-refractivity contribution is 5.89. The first-order chi connectivity index (χ1) is 20.4. The van der Waals surface area contributed by atoms with Gasteiger partial charge in [-0.1, -0.05) is 85.3 Å². The van der Waals surface area contributed by atoms with Crippen molar-refractivity contribution in [1.29, 1.82) is 0 Å². The Labute approximate surface area is 246 Å². The molecule has 1 heterocycles. The highest BCUT2D eigenvalue weighted by Gasteiger charge is 2.48. The Bertz CT molecular complexity index is 1410. The van der Waals surface area contributed by atoms with E-state index in [9.17, 15) is 19.5 Å². The summed E-state index contributed by atoms with van der Waals surface area (Å²) in [5.41, 5.74) is 4.46. The first-order valence-electron chi connectivity index (χ1n) is 14.8. The minimum atomic E-state index is -1.31. The third kappa shape index (κ3) is 5.63. The SMILES string of the molecule is O=C(NC[C@@H]1CCC[C@@H]1C(=O)NC1(C(=O)O)CCN(Cc2ccccc2)C1)OCC1c2ccccc2-c2ccccc21. The third-order valence-corrected chi connectivity index (χ3v) is 9.22. The van der Waals surface area contributed by atoms with Crippen LogP contribution in [-0.4, -0.2) is 59.8 Å². The summed E-state index contributed by atoms with van der Waals surface area (Å²) in [4.78, 5) is 40.6. The van der Waals surface area contributed by atoms with Crippen molar-refractivity contribution < 1.29 is 24.2 Å². The number of carboxylic acid groups (broad SMARTS) is 1. The molecule has 1 saturated heterocycles. The van der Waals surface area contributed by atoms with Crippen LogP contribution in [0.15, 0.2) is 78.9 Å². The number of amides is 2. The van der Waals surface area contributed by atoms with Crippen molar-refractivity contribution in [2.75, 3.05) is 26.2 Å². The summed E-state index contributed by atoms with van der Waals surface area (Å²) >= 11 is 0. The van der Waals surface area contributed by atoms with Gasteiger partial charge in [0.15, 0.2) is 5.54 Å². The van der Waals surface area contributed by atoms with Gasteiger partial charge in [-0.15, -0.1) is 0 Å². The van der Waals surface area contributed by atoms with Crippen LogP contribution in [0.25, 0.3) is 11.1 Å². The minimum absolute atomic E-state index is 0.0202. The molecule has 6 rings (SSSR count). The zero-order valence-corrected chi connectivity index (χ0v) is 23.6. The third-order valence-electron chi connectivity index (χ3n) is 9.22. The van der Waals surface area contributed by atoms with Crippen LogP contribution in [0, 0.1) is 11.8 Å². The van der Waals surface area contributed by atoms with Crippen LogP contribution in [0.3, 0.4) is 0 Å². The number of hydrogen-bond acceptors (Lipinski definition) is 5. The molecule has 0 aromatic heterocycles. The summed E-state index contributed by atoms with van der Waals surface area (Å²) in [6.45, 7) is 2.04. The van der Waals surface area contributed by atoms with Crippen molar-refractivity contribution in [2.24, 2.45) is 11.8 Å². The maximum absolute atomic E-state index is 13.4. The maximum atomic E-state index is 13.4. The Hall–Kier alpha value is -4.17. The fraction of sp³-hybridized carbons (Fsp3) is 0.382. The van der Waals surface area contributed by atoms with Gasteiger partial charge in [0.05, 0.1) is 0 Å². The molecule has 3 N–H and O–H groups in total. The number of rotatable bonds is 9. The molecule has 3 aromatic rings. The van der Waals surface area contributed by atoms with Crippen LogP contribution in [0.4, 0.5) is 4.79 Å². The molecule has 42 heavy (non-hydrogen) atoms. The number of carbonyl (C=O) groups is 3. The molecular weight excluding hydrogens is 530 g/mol. The van der Waals surface area contributed by atoms with Gasteiger partial charge in [0.2, 0.25) is 5.91 Å². The van der Waals surface area contributed by atoms with Gasteiger partial charge >= 0.3 is 12.1 Å². The molecule has 3 atom stereocenters. The minimum Gasteiger partial charge on any atom is -0.479 e. The Morgan fingerprint density at radius 2 is 1.57 bits per heavy atom. The predicted octanol–water partition coefficient (Wildman–Crippen LogP) is 4.79. The molecule has 3 aliphatic rings. The Morgan fingerprint density at radius 1 is 0.905 bits per heavy atom. The van der Waals surface area contributed by atoms with E-state index in [0.29, 0.717) is 32.5 Å². The lowest BCUT2D eigenvalue weighted by Gasteiger charge is -2.29. The molecule has 0 bridgehead atoms. The molecular formula is C34H37N3O5. The van der Waals surface area contributed by atoms with Gasteiger partial charge in [-0.2, -0.15) is 0 Å². The smallest absolute Gasteiger partial charge is 0.407 e. The predicted molar refractivity (Wildman–Crippen MR) is 159 cm³/mol.